The topological polar surface area (TPSA) is 45.4 Å². The Bertz CT molecular complexity index is 567. The van der Waals surface area contributed by atoms with E-state index < -0.39 is 6.23 Å². The maximum Gasteiger partial charge on any atom is 0.127 e. The average molecular weight is 245 g/mol. The highest BCUT2D eigenvalue weighted by Gasteiger charge is 2.07. The van der Waals surface area contributed by atoms with Crippen LogP contribution < -0.4 is 0 Å². The first-order valence-corrected chi connectivity index (χ1v) is 6.16. The van der Waals surface area contributed by atoms with Crippen LogP contribution in [0.5, 0.6) is 0 Å². The minimum Gasteiger partial charge on any atom is -0.392 e. The molecular formula is C15H19NO2. The maximum absolute atomic E-state index is 9.68. The van der Waals surface area contributed by atoms with Gasteiger partial charge in [0.25, 0.3) is 0 Å². The minimum atomic E-state index is -0.521. The molecule has 1 atom stereocenters. The molecule has 1 unspecified atom stereocenters. The summed E-state index contributed by atoms with van der Waals surface area (Å²) in [5.41, 5.74) is 3.22. The van der Waals surface area contributed by atoms with Gasteiger partial charge in [-0.1, -0.05) is 23.8 Å². The highest BCUT2D eigenvalue weighted by molar-refractivity contribution is 5.84. The van der Waals surface area contributed by atoms with Crippen LogP contribution in [0.4, 0.5) is 0 Å². The number of nitrogens with zero attached hydrogens (tertiary/aromatic N) is 1. The Balaban J connectivity index is 2.41. The molecule has 2 rings (SSSR count). The van der Waals surface area contributed by atoms with Gasteiger partial charge in [0.15, 0.2) is 0 Å². The van der Waals surface area contributed by atoms with Gasteiger partial charge in [0, 0.05) is 11.6 Å². The minimum absolute atomic E-state index is 0.102. The highest BCUT2D eigenvalue weighted by Crippen LogP contribution is 2.23. The largest absolute Gasteiger partial charge is 0.392 e. The van der Waals surface area contributed by atoms with Gasteiger partial charge in [-0.25, -0.2) is 0 Å². The summed E-state index contributed by atoms with van der Waals surface area (Å²) >= 11 is 0. The number of allylic oxidation sites excluding steroid dienone is 1. The first-order chi connectivity index (χ1) is 8.63. The SMILES string of the molecule is C/C(=C\Cc1cccc2c1ccn2C(C)O)CO. The molecule has 3 nitrogen and oxygen atoms in total. The van der Waals surface area contributed by atoms with Crippen molar-refractivity contribution in [1.29, 1.82) is 0 Å². The van der Waals surface area contributed by atoms with E-state index in [9.17, 15) is 5.11 Å². The van der Waals surface area contributed by atoms with Gasteiger partial charge in [0.2, 0.25) is 0 Å². The predicted octanol–water partition coefficient (Wildman–Crippen LogP) is 2.63. The number of benzene rings is 1. The van der Waals surface area contributed by atoms with Crippen LogP contribution in [0.2, 0.25) is 0 Å². The van der Waals surface area contributed by atoms with Crippen molar-refractivity contribution in [2.24, 2.45) is 0 Å². The van der Waals surface area contributed by atoms with Gasteiger partial charge in [-0.05, 0) is 38.0 Å². The van der Waals surface area contributed by atoms with Gasteiger partial charge in [0.05, 0.1) is 12.1 Å². The summed E-state index contributed by atoms with van der Waals surface area (Å²) in [6.45, 7) is 3.77. The van der Waals surface area contributed by atoms with E-state index in [0.29, 0.717) is 0 Å². The van der Waals surface area contributed by atoms with Crippen molar-refractivity contribution in [3.63, 3.8) is 0 Å². The Hall–Kier alpha value is -1.58. The van der Waals surface area contributed by atoms with E-state index in [-0.39, 0.29) is 6.61 Å². The zero-order valence-electron chi connectivity index (χ0n) is 10.8. The van der Waals surface area contributed by atoms with Crippen LogP contribution in [-0.4, -0.2) is 21.4 Å². The molecule has 0 spiro atoms. The molecule has 0 aliphatic rings. The number of hydrogen-bond donors (Lipinski definition) is 2. The molecule has 0 saturated carbocycles. The standard InChI is InChI=1S/C15H19NO2/c1-11(10-17)6-7-13-4-3-5-15-14(13)8-9-16(15)12(2)18/h3-6,8-9,12,17-18H,7,10H2,1-2H3/b11-6+. The van der Waals surface area contributed by atoms with Gasteiger partial charge < -0.3 is 14.8 Å². The number of hydrogen-bond acceptors (Lipinski definition) is 2. The smallest absolute Gasteiger partial charge is 0.127 e. The lowest BCUT2D eigenvalue weighted by molar-refractivity contribution is 0.129. The molecule has 0 fully saturated rings. The molecule has 1 aromatic carbocycles. The Labute approximate surface area is 107 Å². The molecule has 2 N–H and O–H groups in total. The van der Waals surface area contributed by atoms with Crippen LogP contribution >= 0.6 is 0 Å². The van der Waals surface area contributed by atoms with Crippen molar-refractivity contribution in [3.8, 4) is 0 Å². The number of fused-ring (bicyclic) bond motifs is 1. The van der Waals surface area contributed by atoms with Crippen molar-refractivity contribution >= 4 is 10.9 Å². The molecule has 96 valence electrons. The Kier molecular flexibility index (Phi) is 3.84. The molecule has 0 aliphatic heterocycles. The zero-order chi connectivity index (χ0) is 13.1. The lowest BCUT2D eigenvalue weighted by Gasteiger charge is -2.09. The van der Waals surface area contributed by atoms with E-state index in [0.717, 1.165) is 22.9 Å². The van der Waals surface area contributed by atoms with Crippen molar-refractivity contribution in [3.05, 3.63) is 47.7 Å². The molecule has 0 amide bonds. The van der Waals surface area contributed by atoms with Crippen LogP contribution in [0.25, 0.3) is 10.9 Å². The fourth-order valence-electron chi connectivity index (χ4n) is 2.10. The Morgan fingerprint density at radius 2 is 2.17 bits per heavy atom. The van der Waals surface area contributed by atoms with Crippen LogP contribution in [0, 0.1) is 0 Å². The van der Waals surface area contributed by atoms with Crippen LogP contribution in [-0.2, 0) is 6.42 Å². The average Bonchev–Trinajstić information content (AvgIpc) is 2.80. The molecule has 0 aliphatic carbocycles. The van der Waals surface area contributed by atoms with Gasteiger partial charge in [-0.2, -0.15) is 0 Å². The van der Waals surface area contributed by atoms with E-state index in [1.165, 1.54) is 5.56 Å². The van der Waals surface area contributed by atoms with Gasteiger partial charge in [-0.3, -0.25) is 0 Å². The predicted molar refractivity (Wildman–Crippen MR) is 73.4 cm³/mol. The van der Waals surface area contributed by atoms with E-state index in [2.05, 4.69) is 6.07 Å². The maximum atomic E-state index is 9.68. The first kappa shape index (κ1) is 12.9. The summed E-state index contributed by atoms with van der Waals surface area (Å²) in [6.07, 6.45) is 4.22. The first-order valence-electron chi connectivity index (χ1n) is 6.16. The molecular weight excluding hydrogens is 226 g/mol. The Morgan fingerprint density at radius 3 is 2.83 bits per heavy atom. The molecule has 2 aromatic rings. The van der Waals surface area contributed by atoms with Gasteiger partial charge in [0.1, 0.15) is 6.23 Å². The van der Waals surface area contributed by atoms with Crippen molar-refractivity contribution in [2.75, 3.05) is 6.61 Å². The Morgan fingerprint density at radius 1 is 1.39 bits per heavy atom. The van der Waals surface area contributed by atoms with Crippen molar-refractivity contribution in [2.45, 2.75) is 26.5 Å². The monoisotopic (exact) mass is 245 g/mol. The van der Waals surface area contributed by atoms with Crippen LogP contribution in [0.3, 0.4) is 0 Å². The lowest BCUT2D eigenvalue weighted by Crippen LogP contribution is -2.01. The number of aliphatic hydroxyl groups is 2. The third kappa shape index (κ3) is 2.47. The van der Waals surface area contributed by atoms with Crippen molar-refractivity contribution < 1.29 is 10.2 Å². The summed E-state index contributed by atoms with van der Waals surface area (Å²) in [5, 5.41) is 19.8. The quantitative estimate of drug-likeness (QED) is 0.813. The molecule has 3 heteroatoms. The lowest BCUT2D eigenvalue weighted by atomic mass is 10.1. The summed E-state index contributed by atoms with van der Waals surface area (Å²) in [6, 6.07) is 8.11. The van der Waals surface area contributed by atoms with Crippen LogP contribution in [0.15, 0.2) is 42.1 Å². The summed E-state index contributed by atoms with van der Waals surface area (Å²) in [5.74, 6) is 0. The van der Waals surface area contributed by atoms with Crippen molar-refractivity contribution in [1.82, 2.24) is 4.57 Å². The van der Waals surface area contributed by atoms with Gasteiger partial charge >= 0.3 is 0 Å². The van der Waals surface area contributed by atoms with E-state index in [1.807, 2.05) is 42.0 Å². The van der Waals surface area contributed by atoms with E-state index in [1.54, 1.807) is 6.92 Å². The summed E-state index contributed by atoms with van der Waals surface area (Å²) < 4.78 is 1.85. The molecule has 18 heavy (non-hydrogen) atoms. The second kappa shape index (κ2) is 5.38. The van der Waals surface area contributed by atoms with E-state index >= 15 is 0 Å². The molecule has 1 aromatic heterocycles. The second-order valence-corrected chi connectivity index (χ2v) is 4.62. The molecule has 0 bridgehead atoms. The number of aromatic nitrogens is 1. The zero-order valence-corrected chi connectivity index (χ0v) is 10.8. The third-order valence-corrected chi connectivity index (χ3v) is 3.18. The summed E-state index contributed by atoms with van der Waals surface area (Å²) in [7, 11) is 0. The fourth-order valence-corrected chi connectivity index (χ4v) is 2.10. The van der Waals surface area contributed by atoms with E-state index in [4.69, 9.17) is 5.11 Å². The van der Waals surface area contributed by atoms with Crippen LogP contribution in [0.1, 0.15) is 25.6 Å². The third-order valence-electron chi connectivity index (χ3n) is 3.18. The highest BCUT2D eigenvalue weighted by atomic mass is 16.3. The number of aliphatic hydroxyl groups excluding tert-OH is 2. The molecule has 0 radical (unpaired) electrons. The second-order valence-electron chi connectivity index (χ2n) is 4.62. The summed E-state index contributed by atoms with van der Waals surface area (Å²) in [4.78, 5) is 0. The normalized spacial score (nSPS) is 14.1. The number of rotatable bonds is 4. The molecule has 0 saturated heterocycles. The molecule has 1 heterocycles. The fraction of sp³-hybridized carbons (Fsp3) is 0.333. The van der Waals surface area contributed by atoms with Gasteiger partial charge in [-0.15, -0.1) is 0 Å².